The van der Waals surface area contributed by atoms with Gasteiger partial charge in [0.1, 0.15) is 5.69 Å². The number of fused-ring (bicyclic) bond motifs is 3. The fourth-order valence-electron chi connectivity index (χ4n) is 2.82. The summed E-state index contributed by atoms with van der Waals surface area (Å²) in [5, 5.41) is 4.43. The van der Waals surface area contributed by atoms with E-state index >= 15 is 0 Å². The molecule has 0 unspecified atom stereocenters. The Balaban J connectivity index is 1.85. The van der Waals surface area contributed by atoms with Crippen molar-refractivity contribution in [2.24, 2.45) is 0 Å². The average Bonchev–Trinajstić information content (AvgIpc) is 2.99. The summed E-state index contributed by atoms with van der Waals surface area (Å²) in [6, 6.07) is 11.6. The van der Waals surface area contributed by atoms with Crippen molar-refractivity contribution in [3.63, 3.8) is 0 Å². The van der Waals surface area contributed by atoms with E-state index in [-0.39, 0.29) is 5.16 Å². The Bertz CT molecular complexity index is 1040. The Hall–Kier alpha value is -2.74. The Morgan fingerprint density at radius 1 is 1.08 bits per heavy atom. The number of aromatic nitrogens is 4. The van der Waals surface area contributed by atoms with Crippen molar-refractivity contribution < 1.29 is 8.42 Å². The van der Waals surface area contributed by atoms with Gasteiger partial charge in [-0.1, -0.05) is 12.1 Å². The van der Waals surface area contributed by atoms with Crippen LogP contribution < -0.4 is 4.90 Å². The summed E-state index contributed by atoms with van der Waals surface area (Å²) in [4.78, 5) is 10.1. The Kier molecular flexibility index (Phi) is 3.17. The molecule has 0 fully saturated rings. The number of sulfone groups is 1. The highest BCUT2D eigenvalue weighted by atomic mass is 32.2. The van der Waals surface area contributed by atoms with Gasteiger partial charge >= 0.3 is 0 Å². The third-order valence-corrected chi connectivity index (χ3v) is 4.79. The molecule has 0 aliphatic carbocycles. The van der Waals surface area contributed by atoms with Crippen LogP contribution in [0.15, 0.2) is 47.8 Å². The molecule has 2 aromatic heterocycles. The predicted octanol–water partition coefficient (Wildman–Crippen LogP) is 1.68. The molecule has 3 aromatic rings. The fraction of sp³-hybridized carbons (Fsp3) is 0.188. The lowest BCUT2D eigenvalue weighted by Crippen LogP contribution is -2.25. The van der Waals surface area contributed by atoms with Crippen molar-refractivity contribution in [2.75, 3.05) is 18.2 Å². The molecule has 1 aliphatic rings. The highest BCUT2D eigenvalue weighted by Gasteiger charge is 2.22. The van der Waals surface area contributed by atoms with E-state index < -0.39 is 9.84 Å². The summed E-state index contributed by atoms with van der Waals surface area (Å²) in [5.41, 5.74) is 4.23. The van der Waals surface area contributed by atoms with E-state index in [0.717, 1.165) is 23.3 Å². The molecule has 1 aliphatic heterocycles. The van der Waals surface area contributed by atoms with Gasteiger partial charge in [0.25, 0.3) is 0 Å². The normalized spacial score (nSPS) is 13.5. The summed E-state index contributed by atoms with van der Waals surface area (Å²) in [6.45, 7) is 0.716. The Morgan fingerprint density at radius 2 is 1.83 bits per heavy atom. The van der Waals surface area contributed by atoms with Crippen LogP contribution in [-0.4, -0.2) is 41.5 Å². The molecule has 8 heteroatoms. The van der Waals surface area contributed by atoms with Crippen molar-refractivity contribution in [1.29, 1.82) is 0 Å². The molecule has 0 spiro atoms. The second kappa shape index (κ2) is 5.13. The third-order valence-electron chi connectivity index (χ3n) is 3.93. The van der Waals surface area contributed by atoms with Gasteiger partial charge in [0.2, 0.25) is 15.0 Å². The Labute approximate surface area is 139 Å². The monoisotopic (exact) mass is 341 g/mol. The zero-order chi connectivity index (χ0) is 16.9. The van der Waals surface area contributed by atoms with Gasteiger partial charge in [-0.05, 0) is 24.3 Å². The highest BCUT2D eigenvalue weighted by Crippen LogP contribution is 2.32. The van der Waals surface area contributed by atoms with Crippen LogP contribution >= 0.6 is 0 Å². The van der Waals surface area contributed by atoms with Gasteiger partial charge in [-0.2, -0.15) is 5.10 Å². The standard InChI is InChI=1S/C16H15N5O2S/c1-20-10-11-9-13(12-7-8-17-16(18-12)24(2,22)23)19-21(11)15-6-4-3-5-14(15)20/h3-9H,10H2,1-2H3. The summed E-state index contributed by atoms with van der Waals surface area (Å²) >= 11 is 0. The zero-order valence-electron chi connectivity index (χ0n) is 13.2. The van der Waals surface area contributed by atoms with Crippen LogP contribution in [-0.2, 0) is 16.4 Å². The predicted molar refractivity (Wildman–Crippen MR) is 89.8 cm³/mol. The maximum atomic E-state index is 11.7. The lowest BCUT2D eigenvalue weighted by Gasteiger charge is -2.27. The highest BCUT2D eigenvalue weighted by molar-refractivity contribution is 7.90. The van der Waals surface area contributed by atoms with Gasteiger partial charge in [-0.15, -0.1) is 0 Å². The van der Waals surface area contributed by atoms with Gasteiger partial charge < -0.3 is 4.90 Å². The van der Waals surface area contributed by atoms with Crippen LogP contribution in [0.5, 0.6) is 0 Å². The first kappa shape index (κ1) is 14.8. The molecular formula is C16H15N5O2S. The minimum atomic E-state index is -3.46. The van der Waals surface area contributed by atoms with Crippen molar-refractivity contribution >= 4 is 15.5 Å². The molecule has 0 atom stereocenters. The largest absolute Gasteiger partial charge is 0.367 e. The summed E-state index contributed by atoms with van der Waals surface area (Å²) < 4.78 is 25.2. The zero-order valence-corrected chi connectivity index (χ0v) is 14.0. The Morgan fingerprint density at radius 3 is 2.58 bits per heavy atom. The molecule has 0 saturated heterocycles. The molecule has 7 nitrogen and oxygen atoms in total. The number of benzene rings is 1. The summed E-state index contributed by atoms with van der Waals surface area (Å²) in [7, 11) is -1.43. The molecule has 24 heavy (non-hydrogen) atoms. The second-order valence-corrected chi connectivity index (χ2v) is 7.68. The molecule has 0 saturated carbocycles. The van der Waals surface area contributed by atoms with Gasteiger partial charge in [0.15, 0.2) is 0 Å². The third kappa shape index (κ3) is 2.35. The lowest BCUT2D eigenvalue weighted by molar-refractivity contribution is 0.593. The van der Waals surface area contributed by atoms with Gasteiger partial charge in [-0.25, -0.2) is 23.1 Å². The number of para-hydroxylation sites is 2. The molecule has 1 aromatic carbocycles. The van der Waals surface area contributed by atoms with E-state index in [1.165, 1.54) is 6.20 Å². The van der Waals surface area contributed by atoms with E-state index in [1.807, 2.05) is 42.1 Å². The second-order valence-electron chi connectivity index (χ2n) is 5.77. The number of hydrogen-bond acceptors (Lipinski definition) is 6. The topological polar surface area (TPSA) is 81.0 Å². The van der Waals surface area contributed by atoms with Gasteiger partial charge in [0.05, 0.1) is 29.3 Å². The van der Waals surface area contributed by atoms with Crippen LogP contribution in [0.25, 0.3) is 17.1 Å². The molecule has 3 heterocycles. The van der Waals surface area contributed by atoms with Crippen molar-refractivity contribution in [3.05, 3.63) is 48.3 Å². The van der Waals surface area contributed by atoms with Crippen LogP contribution in [0, 0.1) is 0 Å². The summed E-state index contributed by atoms with van der Waals surface area (Å²) in [5.74, 6) is 0. The molecule has 122 valence electrons. The first-order chi connectivity index (χ1) is 11.4. The minimum Gasteiger partial charge on any atom is -0.367 e. The molecule has 0 radical (unpaired) electrons. The van der Waals surface area contributed by atoms with Crippen molar-refractivity contribution in [2.45, 2.75) is 11.7 Å². The van der Waals surface area contributed by atoms with E-state index in [0.29, 0.717) is 17.9 Å². The van der Waals surface area contributed by atoms with E-state index in [1.54, 1.807) is 6.07 Å². The molecule has 0 bridgehead atoms. The van der Waals surface area contributed by atoms with E-state index in [4.69, 9.17) is 0 Å². The molecule has 0 amide bonds. The summed E-state index contributed by atoms with van der Waals surface area (Å²) in [6.07, 6.45) is 2.53. The minimum absolute atomic E-state index is 0.191. The average molecular weight is 341 g/mol. The van der Waals surface area contributed by atoms with Crippen LogP contribution in [0.2, 0.25) is 0 Å². The van der Waals surface area contributed by atoms with Gasteiger partial charge in [0, 0.05) is 19.5 Å². The molecular weight excluding hydrogens is 326 g/mol. The van der Waals surface area contributed by atoms with E-state index in [9.17, 15) is 8.42 Å². The number of anilines is 1. The van der Waals surface area contributed by atoms with Crippen LogP contribution in [0.3, 0.4) is 0 Å². The smallest absolute Gasteiger partial charge is 0.247 e. The van der Waals surface area contributed by atoms with Gasteiger partial charge in [-0.3, -0.25) is 0 Å². The van der Waals surface area contributed by atoms with Crippen LogP contribution in [0.4, 0.5) is 5.69 Å². The first-order valence-electron chi connectivity index (χ1n) is 7.36. The maximum absolute atomic E-state index is 11.7. The first-order valence-corrected chi connectivity index (χ1v) is 9.25. The van der Waals surface area contributed by atoms with Crippen LogP contribution in [0.1, 0.15) is 5.69 Å². The molecule has 0 N–H and O–H groups in total. The number of nitrogens with zero attached hydrogens (tertiary/aromatic N) is 5. The van der Waals surface area contributed by atoms with E-state index in [2.05, 4.69) is 20.0 Å². The van der Waals surface area contributed by atoms with Crippen molar-refractivity contribution in [1.82, 2.24) is 19.7 Å². The fourth-order valence-corrected chi connectivity index (χ4v) is 3.34. The number of rotatable bonds is 2. The lowest BCUT2D eigenvalue weighted by atomic mass is 10.2. The SMILES string of the molecule is CN1Cc2cc(-c3ccnc(S(C)(=O)=O)n3)nn2-c2ccccc21. The van der Waals surface area contributed by atoms with Crippen molar-refractivity contribution in [3.8, 4) is 17.1 Å². The maximum Gasteiger partial charge on any atom is 0.247 e. The quantitative estimate of drug-likeness (QED) is 0.660. The number of hydrogen-bond donors (Lipinski definition) is 0. The molecule has 4 rings (SSSR count).